The number of aromatic nitrogens is 1. The van der Waals surface area contributed by atoms with Crippen molar-refractivity contribution in [3.05, 3.63) is 30.0 Å². The van der Waals surface area contributed by atoms with E-state index in [1.807, 2.05) is 19.1 Å². The van der Waals surface area contributed by atoms with Crippen molar-refractivity contribution in [3.63, 3.8) is 0 Å². The summed E-state index contributed by atoms with van der Waals surface area (Å²) in [5.41, 5.74) is 7.02. The number of ether oxygens (including phenoxy) is 1. The largest absolute Gasteiger partial charge is 0.494 e. The molecule has 0 aliphatic heterocycles. The number of H-pyrrole nitrogens is 1. The summed E-state index contributed by atoms with van der Waals surface area (Å²) >= 11 is 0. The maximum absolute atomic E-state index is 10.9. The van der Waals surface area contributed by atoms with Crippen molar-refractivity contribution in [3.8, 4) is 5.75 Å². The van der Waals surface area contributed by atoms with Gasteiger partial charge in [0, 0.05) is 22.7 Å². The molecule has 1 aromatic carbocycles. The highest BCUT2D eigenvalue weighted by Gasteiger charge is 2.18. The van der Waals surface area contributed by atoms with Gasteiger partial charge in [0.25, 0.3) is 0 Å². The van der Waals surface area contributed by atoms with E-state index in [1.54, 1.807) is 12.3 Å². The van der Waals surface area contributed by atoms with Crippen LogP contribution in [0.2, 0.25) is 0 Å². The first-order valence-electron chi connectivity index (χ1n) is 5.35. The number of aromatic amines is 1. The van der Waals surface area contributed by atoms with Crippen LogP contribution < -0.4 is 10.5 Å². The molecule has 17 heavy (non-hydrogen) atoms. The normalized spacial score (nSPS) is 12.6. The Morgan fingerprint density at radius 1 is 1.59 bits per heavy atom. The van der Waals surface area contributed by atoms with E-state index < -0.39 is 12.0 Å². The number of hydrogen-bond donors (Lipinski definition) is 3. The third kappa shape index (κ3) is 2.09. The lowest BCUT2D eigenvalue weighted by atomic mass is 10.1. The average molecular weight is 234 g/mol. The molecule has 2 rings (SSSR count). The third-order valence-corrected chi connectivity index (χ3v) is 2.60. The van der Waals surface area contributed by atoms with E-state index in [-0.39, 0.29) is 0 Å². The molecule has 4 N–H and O–H groups in total. The molecule has 1 unspecified atom stereocenters. The zero-order valence-electron chi connectivity index (χ0n) is 9.43. The fourth-order valence-electron chi connectivity index (χ4n) is 1.77. The van der Waals surface area contributed by atoms with Crippen molar-refractivity contribution in [1.29, 1.82) is 0 Å². The predicted octanol–water partition coefficient (Wildman–Crippen LogP) is 1.65. The lowest BCUT2D eigenvalue weighted by Crippen LogP contribution is -2.20. The molecule has 0 spiro atoms. The van der Waals surface area contributed by atoms with Crippen LogP contribution in [0.1, 0.15) is 18.5 Å². The van der Waals surface area contributed by atoms with Crippen LogP contribution in [0, 0.1) is 0 Å². The van der Waals surface area contributed by atoms with E-state index in [1.165, 1.54) is 0 Å². The second-order valence-electron chi connectivity index (χ2n) is 3.70. The monoisotopic (exact) mass is 234 g/mol. The lowest BCUT2D eigenvalue weighted by Gasteiger charge is -2.06. The van der Waals surface area contributed by atoms with E-state index in [4.69, 9.17) is 15.6 Å². The Bertz CT molecular complexity index is 548. The Hall–Kier alpha value is -2.01. The fraction of sp³-hybridized carbons (Fsp3) is 0.250. The van der Waals surface area contributed by atoms with Crippen LogP contribution in [0.4, 0.5) is 0 Å². The van der Waals surface area contributed by atoms with Crippen molar-refractivity contribution in [2.45, 2.75) is 13.0 Å². The molecule has 0 radical (unpaired) electrons. The number of benzene rings is 1. The molecular weight excluding hydrogens is 220 g/mol. The van der Waals surface area contributed by atoms with Gasteiger partial charge in [-0.15, -0.1) is 0 Å². The van der Waals surface area contributed by atoms with Gasteiger partial charge in [-0.2, -0.15) is 0 Å². The zero-order chi connectivity index (χ0) is 12.4. The lowest BCUT2D eigenvalue weighted by molar-refractivity contribution is -0.138. The molecule has 0 aliphatic carbocycles. The Morgan fingerprint density at radius 2 is 2.35 bits per heavy atom. The highest BCUT2D eigenvalue weighted by atomic mass is 16.5. The fourth-order valence-corrected chi connectivity index (χ4v) is 1.77. The van der Waals surface area contributed by atoms with Crippen molar-refractivity contribution in [2.75, 3.05) is 6.61 Å². The minimum absolute atomic E-state index is 0.564. The Labute approximate surface area is 98.2 Å². The van der Waals surface area contributed by atoms with Crippen LogP contribution >= 0.6 is 0 Å². The Balaban J connectivity index is 2.49. The van der Waals surface area contributed by atoms with Crippen molar-refractivity contribution < 1.29 is 14.6 Å². The molecule has 1 heterocycles. The van der Waals surface area contributed by atoms with Gasteiger partial charge in [0.1, 0.15) is 11.8 Å². The van der Waals surface area contributed by atoms with Crippen LogP contribution in [0.3, 0.4) is 0 Å². The standard InChI is InChI=1S/C12H14N2O3/c1-2-17-7-3-4-10-8(5-7)9(6-14-10)11(13)12(15)16/h3-6,11,14H,2,13H2,1H3,(H,15,16). The number of carbonyl (C=O) groups is 1. The van der Waals surface area contributed by atoms with Gasteiger partial charge in [-0.3, -0.25) is 4.79 Å². The number of hydrogen-bond acceptors (Lipinski definition) is 3. The van der Waals surface area contributed by atoms with E-state index in [0.717, 1.165) is 10.9 Å². The smallest absolute Gasteiger partial charge is 0.325 e. The Kier molecular flexibility index (Phi) is 3.01. The van der Waals surface area contributed by atoms with Gasteiger partial charge < -0.3 is 20.6 Å². The minimum Gasteiger partial charge on any atom is -0.494 e. The number of rotatable bonds is 4. The number of aliphatic carboxylic acids is 1. The molecule has 0 aliphatic rings. The van der Waals surface area contributed by atoms with Gasteiger partial charge in [-0.05, 0) is 25.1 Å². The molecule has 0 amide bonds. The van der Waals surface area contributed by atoms with Crippen LogP contribution in [-0.4, -0.2) is 22.7 Å². The summed E-state index contributed by atoms with van der Waals surface area (Å²) in [5, 5.41) is 9.70. The molecule has 0 saturated heterocycles. The Morgan fingerprint density at radius 3 is 3.00 bits per heavy atom. The second-order valence-corrected chi connectivity index (χ2v) is 3.70. The molecule has 5 nitrogen and oxygen atoms in total. The highest BCUT2D eigenvalue weighted by molar-refractivity contribution is 5.89. The molecule has 0 bridgehead atoms. The number of fused-ring (bicyclic) bond motifs is 1. The minimum atomic E-state index is -1.05. The topological polar surface area (TPSA) is 88.3 Å². The molecule has 1 atom stereocenters. The van der Waals surface area contributed by atoms with Gasteiger partial charge in [-0.25, -0.2) is 0 Å². The summed E-state index contributed by atoms with van der Waals surface area (Å²) in [6, 6.07) is 4.45. The summed E-state index contributed by atoms with van der Waals surface area (Å²) < 4.78 is 5.38. The van der Waals surface area contributed by atoms with E-state index in [2.05, 4.69) is 4.98 Å². The summed E-state index contributed by atoms with van der Waals surface area (Å²) in [4.78, 5) is 13.9. The third-order valence-electron chi connectivity index (χ3n) is 2.60. The molecular formula is C12H14N2O3. The number of carboxylic acids is 1. The molecule has 2 aromatic rings. The van der Waals surface area contributed by atoms with Gasteiger partial charge >= 0.3 is 5.97 Å². The average Bonchev–Trinajstić information content (AvgIpc) is 2.71. The zero-order valence-corrected chi connectivity index (χ0v) is 9.43. The van der Waals surface area contributed by atoms with Crippen molar-refractivity contribution >= 4 is 16.9 Å². The van der Waals surface area contributed by atoms with Crippen molar-refractivity contribution in [2.24, 2.45) is 5.73 Å². The van der Waals surface area contributed by atoms with Gasteiger partial charge in [0.05, 0.1) is 6.61 Å². The maximum Gasteiger partial charge on any atom is 0.325 e. The van der Waals surface area contributed by atoms with E-state index in [0.29, 0.717) is 17.9 Å². The molecule has 0 saturated carbocycles. The van der Waals surface area contributed by atoms with Crippen LogP contribution in [0.15, 0.2) is 24.4 Å². The molecule has 0 fully saturated rings. The van der Waals surface area contributed by atoms with Crippen LogP contribution in [-0.2, 0) is 4.79 Å². The first-order valence-corrected chi connectivity index (χ1v) is 5.35. The maximum atomic E-state index is 10.9. The SMILES string of the molecule is CCOc1ccc2[nH]cc(C(N)C(=O)O)c2c1. The van der Waals surface area contributed by atoms with E-state index in [9.17, 15) is 4.79 Å². The quantitative estimate of drug-likeness (QED) is 0.750. The van der Waals surface area contributed by atoms with Crippen LogP contribution in [0.25, 0.3) is 10.9 Å². The number of carboxylic acid groups (broad SMARTS) is 1. The summed E-state index contributed by atoms with van der Waals surface area (Å²) in [6.07, 6.45) is 1.62. The molecule has 1 aromatic heterocycles. The highest BCUT2D eigenvalue weighted by Crippen LogP contribution is 2.27. The summed E-state index contributed by atoms with van der Waals surface area (Å²) in [7, 11) is 0. The summed E-state index contributed by atoms with van der Waals surface area (Å²) in [5.74, 6) is -0.342. The van der Waals surface area contributed by atoms with Crippen LogP contribution in [0.5, 0.6) is 5.75 Å². The van der Waals surface area contributed by atoms with Gasteiger partial charge in [-0.1, -0.05) is 0 Å². The second kappa shape index (κ2) is 4.47. The summed E-state index contributed by atoms with van der Waals surface area (Å²) in [6.45, 7) is 2.46. The van der Waals surface area contributed by atoms with Gasteiger partial charge in [0.2, 0.25) is 0 Å². The predicted molar refractivity (Wildman–Crippen MR) is 64.0 cm³/mol. The molecule has 5 heteroatoms. The number of nitrogens with two attached hydrogens (primary N) is 1. The first-order chi connectivity index (χ1) is 8.13. The van der Waals surface area contributed by atoms with Gasteiger partial charge in [0.15, 0.2) is 0 Å². The van der Waals surface area contributed by atoms with E-state index >= 15 is 0 Å². The first kappa shape index (κ1) is 11.5. The van der Waals surface area contributed by atoms with Crippen molar-refractivity contribution in [1.82, 2.24) is 4.98 Å². The number of nitrogens with one attached hydrogen (secondary N) is 1. The molecule has 90 valence electrons.